The number of nitrogen functional groups attached to an aromatic ring is 1. The molecule has 9 heteroatoms. The van der Waals surface area contributed by atoms with Crippen LogP contribution in [0.5, 0.6) is 5.75 Å². The molecule has 0 bridgehead atoms. The van der Waals surface area contributed by atoms with Gasteiger partial charge in [0, 0.05) is 24.5 Å². The van der Waals surface area contributed by atoms with Gasteiger partial charge in [0.25, 0.3) is 5.89 Å². The van der Waals surface area contributed by atoms with E-state index in [0.717, 1.165) is 6.07 Å². The van der Waals surface area contributed by atoms with Crippen LogP contribution >= 0.6 is 0 Å². The highest BCUT2D eigenvalue weighted by Crippen LogP contribution is 2.24. The minimum absolute atomic E-state index is 0.0344. The number of carbonyl (C=O) groups is 1. The van der Waals surface area contributed by atoms with Gasteiger partial charge >= 0.3 is 0 Å². The fourth-order valence-corrected chi connectivity index (χ4v) is 2.38. The van der Waals surface area contributed by atoms with Crippen molar-refractivity contribution in [3.63, 3.8) is 0 Å². The molecule has 1 aromatic heterocycles. The van der Waals surface area contributed by atoms with Gasteiger partial charge in [-0.05, 0) is 24.3 Å². The smallest absolute Gasteiger partial charge is 0.258 e. The summed E-state index contributed by atoms with van der Waals surface area (Å²) in [5.41, 5.74) is 5.75. The molecule has 27 heavy (non-hydrogen) atoms. The van der Waals surface area contributed by atoms with Crippen molar-refractivity contribution >= 4 is 17.3 Å². The number of methoxy groups -OCH3 is 1. The third-order valence-corrected chi connectivity index (χ3v) is 3.71. The third-order valence-electron chi connectivity index (χ3n) is 3.71. The Morgan fingerprint density at radius 3 is 2.85 bits per heavy atom. The molecular weight excluding hydrogens is 358 g/mol. The van der Waals surface area contributed by atoms with E-state index in [4.69, 9.17) is 15.0 Å². The van der Waals surface area contributed by atoms with E-state index in [-0.39, 0.29) is 30.1 Å². The second-order valence-corrected chi connectivity index (χ2v) is 5.65. The zero-order valence-electron chi connectivity index (χ0n) is 14.3. The number of hydrogen-bond acceptors (Lipinski definition) is 6. The maximum absolute atomic E-state index is 13.7. The number of carbonyl (C=O) groups excluding carboxylic acids is 1. The van der Waals surface area contributed by atoms with Crippen LogP contribution in [0.25, 0.3) is 11.5 Å². The zero-order valence-corrected chi connectivity index (χ0v) is 14.3. The van der Waals surface area contributed by atoms with Crippen LogP contribution in [0.3, 0.4) is 0 Å². The van der Waals surface area contributed by atoms with Gasteiger partial charge in [-0.2, -0.15) is 4.98 Å². The maximum Gasteiger partial charge on any atom is 0.258 e. The Hall–Kier alpha value is -3.49. The predicted octanol–water partition coefficient (Wildman–Crippen LogP) is 3.18. The third kappa shape index (κ3) is 4.38. The van der Waals surface area contributed by atoms with Crippen LogP contribution < -0.4 is 15.8 Å². The second-order valence-electron chi connectivity index (χ2n) is 5.65. The second kappa shape index (κ2) is 7.81. The normalized spacial score (nSPS) is 10.6. The summed E-state index contributed by atoms with van der Waals surface area (Å²) in [5.74, 6) is -1.03. The molecule has 0 radical (unpaired) electrons. The summed E-state index contributed by atoms with van der Waals surface area (Å²) in [7, 11) is 1.55. The molecule has 3 N–H and O–H groups in total. The van der Waals surface area contributed by atoms with Crippen LogP contribution in [-0.2, 0) is 11.2 Å². The number of nitrogens with zero attached hydrogens (tertiary/aromatic N) is 2. The average Bonchev–Trinajstić information content (AvgIpc) is 3.12. The summed E-state index contributed by atoms with van der Waals surface area (Å²) in [6.07, 6.45) is 0.134. The number of nitrogens with one attached hydrogen (secondary N) is 1. The topological polar surface area (TPSA) is 103 Å². The molecule has 1 heterocycles. The van der Waals surface area contributed by atoms with Crippen molar-refractivity contribution in [2.75, 3.05) is 18.2 Å². The predicted molar refractivity (Wildman–Crippen MR) is 94.0 cm³/mol. The number of benzene rings is 2. The molecule has 7 nitrogen and oxygen atoms in total. The molecule has 3 aromatic rings. The summed E-state index contributed by atoms with van der Waals surface area (Å²) in [6.45, 7) is 0. The molecule has 0 unspecified atom stereocenters. The lowest BCUT2D eigenvalue weighted by molar-refractivity contribution is -0.116. The number of amides is 1. The number of halogens is 2. The van der Waals surface area contributed by atoms with Gasteiger partial charge in [-0.3, -0.25) is 4.79 Å². The van der Waals surface area contributed by atoms with Gasteiger partial charge in [-0.15, -0.1) is 0 Å². The minimum atomic E-state index is -0.944. The highest BCUT2D eigenvalue weighted by Gasteiger charge is 2.15. The molecular formula is C18H16F2N4O3. The molecule has 0 aliphatic heterocycles. The zero-order chi connectivity index (χ0) is 19.4. The van der Waals surface area contributed by atoms with Crippen LogP contribution in [0.4, 0.5) is 20.2 Å². The van der Waals surface area contributed by atoms with E-state index in [0.29, 0.717) is 23.2 Å². The standard InChI is InChI=1S/C18H16F2N4O3/c1-26-12-4-2-3-10(7-12)18-22-15(24-27-18)5-6-16(25)23-17-13(20)8-11(19)9-14(17)21/h2-4,7-9H,5-6,21H2,1H3,(H,23,25). The van der Waals surface area contributed by atoms with Crippen LogP contribution in [0.1, 0.15) is 12.2 Å². The molecule has 0 aliphatic rings. The Morgan fingerprint density at radius 2 is 2.11 bits per heavy atom. The summed E-state index contributed by atoms with van der Waals surface area (Å²) in [4.78, 5) is 16.2. The fraction of sp³-hybridized carbons (Fsp3) is 0.167. The van der Waals surface area contributed by atoms with E-state index in [1.807, 2.05) is 0 Å². The Labute approximate surface area is 153 Å². The van der Waals surface area contributed by atoms with Gasteiger partial charge in [0.05, 0.1) is 12.8 Å². The first kappa shape index (κ1) is 18.3. The fourth-order valence-electron chi connectivity index (χ4n) is 2.38. The van der Waals surface area contributed by atoms with Gasteiger partial charge < -0.3 is 20.3 Å². The summed E-state index contributed by atoms with van der Waals surface area (Å²) >= 11 is 0. The highest BCUT2D eigenvalue weighted by atomic mass is 19.1. The van der Waals surface area contributed by atoms with Crippen molar-refractivity contribution in [2.45, 2.75) is 12.8 Å². The minimum Gasteiger partial charge on any atom is -0.497 e. The molecule has 0 spiro atoms. The van der Waals surface area contributed by atoms with Crippen LogP contribution in [0.2, 0.25) is 0 Å². The van der Waals surface area contributed by atoms with Crippen LogP contribution in [-0.4, -0.2) is 23.2 Å². The average molecular weight is 374 g/mol. The summed E-state index contributed by atoms with van der Waals surface area (Å²) < 4.78 is 37.1. The lowest BCUT2D eigenvalue weighted by Gasteiger charge is -2.08. The van der Waals surface area contributed by atoms with Crippen molar-refractivity contribution in [2.24, 2.45) is 0 Å². The number of aryl methyl sites for hydroxylation is 1. The molecule has 140 valence electrons. The highest BCUT2D eigenvalue weighted by molar-refractivity contribution is 5.94. The van der Waals surface area contributed by atoms with Gasteiger partial charge in [-0.25, -0.2) is 8.78 Å². The van der Waals surface area contributed by atoms with E-state index < -0.39 is 17.5 Å². The van der Waals surface area contributed by atoms with Gasteiger partial charge in [0.2, 0.25) is 5.91 Å². The lowest BCUT2D eigenvalue weighted by Crippen LogP contribution is -2.15. The van der Waals surface area contributed by atoms with E-state index in [1.54, 1.807) is 31.4 Å². The van der Waals surface area contributed by atoms with Crippen molar-refractivity contribution < 1.29 is 22.8 Å². The molecule has 3 rings (SSSR count). The van der Waals surface area contributed by atoms with Gasteiger partial charge in [-0.1, -0.05) is 11.2 Å². The number of nitrogens with two attached hydrogens (primary N) is 1. The molecule has 1 amide bonds. The van der Waals surface area contributed by atoms with Crippen molar-refractivity contribution in [1.82, 2.24) is 10.1 Å². The Morgan fingerprint density at radius 1 is 1.30 bits per heavy atom. The number of rotatable bonds is 6. The lowest BCUT2D eigenvalue weighted by atomic mass is 10.2. The first-order chi connectivity index (χ1) is 13.0. The molecule has 2 aromatic carbocycles. The number of hydrogen-bond donors (Lipinski definition) is 2. The summed E-state index contributed by atoms with van der Waals surface area (Å²) in [6, 6.07) is 8.67. The van der Waals surface area contributed by atoms with Crippen molar-refractivity contribution in [1.29, 1.82) is 0 Å². The molecule has 0 atom stereocenters. The SMILES string of the molecule is COc1cccc(-c2nc(CCC(=O)Nc3c(N)cc(F)cc3F)no2)c1. The number of ether oxygens (including phenoxy) is 1. The first-order valence-electron chi connectivity index (χ1n) is 7.97. The molecule has 0 saturated heterocycles. The van der Waals surface area contributed by atoms with E-state index >= 15 is 0 Å². The monoisotopic (exact) mass is 374 g/mol. The number of aromatic nitrogens is 2. The molecule has 0 aliphatic carbocycles. The molecule has 0 fully saturated rings. The number of anilines is 2. The van der Waals surface area contributed by atoms with E-state index in [9.17, 15) is 13.6 Å². The maximum atomic E-state index is 13.7. The van der Waals surface area contributed by atoms with E-state index in [1.165, 1.54) is 0 Å². The Kier molecular flexibility index (Phi) is 5.30. The largest absolute Gasteiger partial charge is 0.497 e. The summed E-state index contributed by atoms with van der Waals surface area (Å²) in [5, 5.41) is 6.14. The van der Waals surface area contributed by atoms with Crippen LogP contribution in [0, 0.1) is 11.6 Å². The first-order valence-corrected chi connectivity index (χ1v) is 7.97. The van der Waals surface area contributed by atoms with Gasteiger partial charge in [0.15, 0.2) is 11.6 Å². The van der Waals surface area contributed by atoms with Crippen molar-refractivity contribution in [3.8, 4) is 17.2 Å². The quantitative estimate of drug-likeness (QED) is 0.643. The molecule has 0 saturated carbocycles. The van der Waals surface area contributed by atoms with Crippen molar-refractivity contribution in [3.05, 3.63) is 53.9 Å². The Bertz CT molecular complexity index is 952. The van der Waals surface area contributed by atoms with E-state index in [2.05, 4.69) is 15.5 Å². The van der Waals surface area contributed by atoms with Gasteiger partial charge in [0.1, 0.15) is 17.3 Å². The van der Waals surface area contributed by atoms with Crippen LogP contribution in [0.15, 0.2) is 40.9 Å². The Balaban J connectivity index is 1.62.